The maximum Gasteiger partial charge on any atom is 0.439 e. The molecule has 220 valence electrons. The Labute approximate surface area is 237 Å². The number of aliphatic hydroxyl groups is 1. The maximum absolute atomic E-state index is 14.7. The van der Waals surface area contributed by atoms with Gasteiger partial charge in [-0.3, -0.25) is 23.9 Å². The predicted octanol–water partition coefficient (Wildman–Crippen LogP) is 0.678. The number of anilines is 2. The van der Waals surface area contributed by atoms with Crippen LogP contribution in [0.3, 0.4) is 0 Å². The van der Waals surface area contributed by atoms with E-state index in [1.54, 1.807) is 0 Å². The number of methoxy groups -OCH3 is 1. The first kappa shape index (κ1) is 28.6. The molecule has 15 heteroatoms. The van der Waals surface area contributed by atoms with Crippen LogP contribution < -0.4 is 16.0 Å². The number of carbonyl (C=O) groups excluding carboxylic acids is 4. The van der Waals surface area contributed by atoms with Crippen molar-refractivity contribution in [3.63, 3.8) is 0 Å². The summed E-state index contributed by atoms with van der Waals surface area (Å²) in [6.45, 7) is 0.176. The lowest BCUT2D eigenvalue weighted by molar-refractivity contribution is -0.150. The second-order valence-corrected chi connectivity index (χ2v) is 9.61. The number of amides is 3. The molecule has 0 saturated carbocycles. The number of halogens is 1. The van der Waals surface area contributed by atoms with Gasteiger partial charge in [-0.05, 0) is 55.3 Å². The molecule has 0 aliphatic carbocycles. The van der Waals surface area contributed by atoms with Crippen molar-refractivity contribution in [1.82, 2.24) is 15.0 Å². The molecule has 2 saturated heterocycles. The third-order valence-corrected chi connectivity index (χ3v) is 6.97. The summed E-state index contributed by atoms with van der Waals surface area (Å²) in [7, 11) is 1.22. The lowest BCUT2D eigenvalue weighted by Gasteiger charge is -2.34. The van der Waals surface area contributed by atoms with Gasteiger partial charge in [-0.1, -0.05) is 5.16 Å². The van der Waals surface area contributed by atoms with Crippen LogP contribution in [0.1, 0.15) is 23.2 Å². The molecule has 2 aliphatic heterocycles. The minimum atomic E-state index is -1.92. The largest absolute Gasteiger partial charge is 0.467 e. The van der Waals surface area contributed by atoms with Gasteiger partial charge in [0.15, 0.2) is 18.0 Å². The number of hydrogen-bond acceptors (Lipinski definition) is 10. The number of ether oxygens (including phenoxy) is 2. The highest BCUT2D eigenvalue weighted by Crippen LogP contribution is 2.27. The zero-order valence-electron chi connectivity index (χ0n) is 22.2. The number of esters is 1. The van der Waals surface area contributed by atoms with Crippen LogP contribution in [0.15, 0.2) is 51.8 Å². The number of benzene rings is 2. The Hall–Kier alpha value is -4.89. The van der Waals surface area contributed by atoms with Gasteiger partial charge in [0.25, 0.3) is 17.7 Å². The van der Waals surface area contributed by atoms with Crippen molar-refractivity contribution in [3.8, 4) is 11.4 Å². The highest BCUT2D eigenvalue weighted by atomic mass is 19.1. The van der Waals surface area contributed by atoms with Crippen LogP contribution >= 0.6 is 0 Å². The molecule has 3 atom stereocenters. The molecule has 0 spiro atoms. The summed E-state index contributed by atoms with van der Waals surface area (Å²) in [5.41, 5.74) is 0.723. The summed E-state index contributed by atoms with van der Waals surface area (Å²) in [4.78, 5) is 67.3. The Morgan fingerprint density at radius 3 is 2.62 bits per heavy atom. The maximum atomic E-state index is 14.7. The van der Waals surface area contributed by atoms with Gasteiger partial charge in [0.1, 0.15) is 11.9 Å². The number of likely N-dealkylation sites (tertiary alicyclic amines) is 1. The Balaban J connectivity index is 1.28. The molecule has 2 fully saturated rings. The summed E-state index contributed by atoms with van der Waals surface area (Å²) in [6, 6.07) is 8.63. The zero-order chi connectivity index (χ0) is 30.0. The molecule has 2 aliphatic rings. The standard InChI is InChI=1S/C27H26FN5O9/c1-40-26(38)19-3-2-8-33(19)24(36)15-11-16(28)13-18(12-15)32-9-10-41-21(25(32)37)20(34)23(35)29-17-6-4-14(5-7-17)22-30-27(39)42-31-22/h4-7,11-13,19-21,34H,2-3,8-10H2,1H3,(H,29,35)(H,30,31,39)/t19-,20+,21+/m0/s1. The van der Waals surface area contributed by atoms with Gasteiger partial charge in [-0.25, -0.2) is 14.0 Å². The molecule has 0 unspecified atom stereocenters. The second kappa shape index (κ2) is 11.9. The number of H-pyrrole nitrogens is 1. The van der Waals surface area contributed by atoms with Crippen LogP contribution in [0.5, 0.6) is 0 Å². The summed E-state index contributed by atoms with van der Waals surface area (Å²) in [5, 5.41) is 16.7. The van der Waals surface area contributed by atoms with E-state index in [1.807, 2.05) is 0 Å². The second-order valence-electron chi connectivity index (χ2n) is 9.61. The zero-order valence-corrected chi connectivity index (χ0v) is 22.2. The molecule has 3 N–H and O–H groups in total. The number of nitrogens with zero attached hydrogens (tertiary/aromatic N) is 3. The fourth-order valence-electron chi connectivity index (χ4n) is 4.92. The van der Waals surface area contributed by atoms with Gasteiger partial charge in [-0.2, -0.15) is 0 Å². The molecule has 3 amide bonds. The molecular weight excluding hydrogens is 557 g/mol. The van der Waals surface area contributed by atoms with E-state index in [-0.39, 0.29) is 42.5 Å². The molecule has 0 radical (unpaired) electrons. The van der Waals surface area contributed by atoms with E-state index >= 15 is 0 Å². The molecule has 2 aromatic carbocycles. The van der Waals surface area contributed by atoms with E-state index < -0.39 is 53.5 Å². The summed E-state index contributed by atoms with van der Waals surface area (Å²) < 4.78 is 29.3. The predicted molar refractivity (Wildman–Crippen MR) is 142 cm³/mol. The summed E-state index contributed by atoms with van der Waals surface area (Å²) >= 11 is 0. The Morgan fingerprint density at radius 2 is 1.93 bits per heavy atom. The van der Waals surface area contributed by atoms with Crippen molar-refractivity contribution in [2.45, 2.75) is 31.1 Å². The number of hydrogen-bond donors (Lipinski definition) is 3. The first-order valence-corrected chi connectivity index (χ1v) is 12.9. The molecule has 3 heterocycles. The van der Waals surface area contributed by atoms with E-state index in [1.165, 1.54) is 42.3 Å². The number of aliphatic hydroxyl groups excluding tert-OH is 1. The van der Waals surface area contributed by atoms with E-state index in [9.17, 15) is 33.5 Å². The molecule has 5 rings (SSSR count). The number of nitrogens with one attached hydrogen (secondary N) is 2. The van der Waals surface area contributed by atoms with Crippen molar-refractivity contribution in [2.75, 3.05) is 37.0 Å². The quantitative estimate of drug-likeness (QED) is 0.334. The van der Waals surface area contributed by atoms with Gasteiger partial charge in [0.05, 0.1) is 13.7 Å². The first-order chi connectivity index (χ1) is 20.2. The van der Waals surface area contributed by atoms with Crippen LogP contribution in [0.4, 0.5) is 15.8 Å². The average Bonchev–Trinajstić information content (AvgIpc) is 3.66. The average molecular weight is 584 g/mol. The fourth-order valence-corrected chi connectivity index (χ4v) is 4.92. The Morgan fingerprint density at radius 1 is 1.17 bits per heavy atom. The van der Waals surface area contributed by atoms with Gasteiger partial charge in [-0.15, -0.1) is 0 Å². The topological polar surface area (TPSA) is 184 Å². The van der Waals surface area contributed by atoms with Crippen molar-refractivity contribution in [1.29, 1.82) is 0 Å². The molecule has 3 aromatic rings. The number of aromatic nitrogens is 2. The number of aromatic amines is 1. The Bertz CT molecular complexity index is 1570. The molecule has 42 heavy (non-hydrogen) atoms. The van der Waals surface area contributed by atoms with Gasteiger partial charge >= 0.3 is 11.7 Å². The van der Waals surface area contributed by atoms with Gasteiger partial charge in [0, 0.05) is 35.6 Å². The van der Waals surface area contributed by atoms with Crippen LogP contribution in [-0.2, 0) is 23.9 Å². The van der Waals surface area contributed by atoms with Crippen molar-refractivity contribution < 1.29 is 42.7 Å². The normalized spacial score (nSPS) is 19.5. The van der Waals surface area contributed by atoms with E-state index in [4.69, 9.17) is 9.47 Å². The minimum Gasteiger partial charge on any atom is -0.467 e. The van der Waals surface area contributed by atoms with Gasteiger partial charge < -0.3 is 29.7 Å². The molecule has 1 aromatic heterocycles. The number of carbonyl (C=O) groups is 4. The highest BCUT2D eigenvalue weighted by molar-refractivity contribution is 6.05. The number of morpholine rings is 1. The lowest BCUT2D eigenvalue weighted by atomic mass is 10.1. The monoisotopic (exact) mass is 583 g/mol. The van der Waals surface area contributed by atoms with Crippen molar-refractivity contribution >= 4 is 35.1 Å². The van der Waals surface area contributed by atoms with Crippen LogP contribution in [0.25, 0.3) is 11.4 Å². The highest BCUT2D eigenvalue weighted by Gasteiger charge is 2.40. The third kappa shape index (κ3) is 5.77. The third-order valence-electron chi connectivity index (χ3n) is 6.97. The molecular formula is C27H26FN5O9. The Kier molecular flexibility index (Phi) is 8.13. The number of rotatable bonds is 7. The van der Waals surface area contributed by atoms with Crippen LogP contribution in [-0.4, -0.2) is 88.9 Å². The smallest absolute Gasteiger partial charge is 0.439 e. The fraction of sp³-hybridized carbons (Fsp3) is 0.333. The van der Waals surface area contributed by atoms with Gasteiger partial charge in [0.2, 0.25) is 0 Å². The lowest BCUT2D eigenvalue weighted by Crippen LogP contribution is -2.55. The first-order valence-electron chi connectivity index (χ1n) is 12.9. The van der Waals surface area contributed by atoms with E-state index in [2.05, 4.69) is 20.0 Å². The van der Waals surface area contributed by atoms with Crippen molar-refractivity contribution in [3.05, 3.63) is 64.4 Å². The van der Waals surface area contributed by atoms with E-state index in [0.29, 0.717) is 18.4 Å². The minimum absolute atomic E-state index is 0.0269. The SMILES string of the molecule is COC(=O)[C@@H]1CCCN1C(=O)c1cc(F)cc(N2CCO[C@H]([C@@H](O)C(=O)Nc3ccc(-c4noc(=O)[nH]4)cc3)C2=O)c1. The van der Waals surface area contributed by atoms with Crippen molar-refractivity contribution in [2.24, 2.45) is 0 Å². The van der Waals surface area contributed by atoms with E-state index in [0.717, 1.165) is 17.0 Å². The van der Waals surface area contributed by atoms with Crippen LogP contribution in [0.2, 0.25) is 0 Å². The molecule has 0 bridgehead atoms. The summed E-state index contributed by atoms with van der Waals surface area (Å²) in [5.74, 6) is -4.25. The summed E-state index contributed by atoms with van der Waals surface area (Å²) in [6.07, 6.45) is -2.55. The van der Waals surface area contributed by atoms with Crippen LogP contribution in [0, 0.1) is 5.82 Å². The molecule has 14 nitrogen and oxygen atoms in total.